The lowest BCUT2D eigenvalue weighted by Gasteiger charge is -2.17. The number of carboxylic acid groups (broad SMARTS) is 1. The summed E-state index contributed by atoms with van der Waals surface area (Å²) in [5.74, 6) is 1.79. The number of rotatable bonds is 4. The Hall–Kier alpha value is -2.09. The summed E-state index contributed by atoms with van der Waals surface area (Å²) in [5, 5.41) is 11.8. The second-order valence-corrected chi connectivity index (χ2v) is 3.59. The first-order valence-corrected chi connectivity index (χ1v) is 4.83. The van der Waals surface area contributed by atoms with E-state index in [1.165, 1.54) is 12.4 Å². The molecule has 0 spiro atoms. The maximum absolute atomic E-state index is 10.9. The smallest absolute Gasteiger partial charge is 0.358 e. The van der Waals surface area contributed by atoms with Crippen LogP contribution in [0.15, 0.2) is 12.4 Å². The SMILES string of the molecule is C#CC(Nc1nccnc1C(=O)O)C(C)C. The van der Waals surface area contributed by atoms with Crippen molar-refractivity contribution in [2.45, 2.75) is 19.9 Å². The molecule has 1 rings (SSSR count). The molecule has 0 radical (unpaired) electrons. The van der Waals surface area contributed by atoms with E-state index in [9.17, 15) is 4.79 Å². The Morgan fingerprint density at radius 1 is 1.50 bits per heavy atom. The van der Waals surface area contributed by atoms with Crippen molar-refractivity contribution >= 4 is 11.8 Å². The molecule has 2 N–H and O–H groups in total. The summed E-state index contributed by atoms with van der Waals surface area (Å²) in [5.41, 5.74) is -0.122. The molecule has 0 bridgehead atoms. The maximum atomic E-state index is 10.9. The summed E-state index contributed by atoms with van der Waals surface area (Å²) in [6, 6.07) is -0.269. The summed E-state index contributed by atoms with van der Waals surface area (Å²) in [6.45, 7) is 3.88. The molecule has 16 heavy (non-hydrogen) atoms. The van der Waals surface area contributed by atoms with Crippen molar-refractivity contribution in [3.63, 3.8) is 0 Å². The number of nitrogens with one attached hydrogen (secondary N) is 1. The van der Waals surface area contributed by atoms with Gasteiger partial charge in [0.1, 0.15) is 0 Å². The first-order chi connectivity index (χ1) is 7.56. The molecule has 5 nitrogen and oxygen atoms in total. The van der Waals surface area contributed by atoms with Gasteiger partial charge in [0.05, 0.1) is 6.04 Å². The van der Waals surface area contributed by atoms with E-state index in [0.29, 0.717) is 0 Å². The number of carbonyl (C=O) groups is 1. The van der Waals surface area contributed by atoms with Crippen LogP contribution in [-0.4, -0.2) is 27.1 Å². The van der Waals surface area contributed by atoms with E-state index in [4.69, 9.17) is 11.5 Å². The summed E-state index contributed by atoms with van der Waals surface area (Å²) in [7, 11) is 0. The van der Waals surface area contributed by atoms with Gasteiger partial charge in [-0.05, 0) is 5.92 Å². The molecule has 5 heteroatoms. The molecule has 1 aromatic rings. The van der Waals surface area contributed by atoms with E-state index < -0.39 is 5.97 Å². The van der Waals surface area contributed by atoms with Gasteiger partial charge in [-0.15, -0.1) is 6.42 Å². The third-order valence-corrected chi connectivity index (χ3v) is 2.04. The van der Waals surface area contributed by atoms with E-state index in [0.717, 1.165) is 0 Å². The third kappa shape index (κ3) is 2.70. The number of terminal acetylenes is 1. The van der Waals surface area contributed by atoms with Gasteiger partial charge < -0.3 is 10.4 Å². The van der Waals surface area contributed by atoms with Crippen LogP contribution in [0.3, 0.4) is 0 Å². The van der Waals surface area contributed by atoms with Crippen LogP contribution in [0, 0.1) is 18.3 Å². The first-order valence-electron chi connectivity index (χ1n) is 4.83. The van der Waals surface area contributed by atoms with Crippen LogP contribution < -0.4 is 5.32 Å². The summed E-state index contributed by atoms with van der Waals surface area (Å²) < 4.78 is 0. The Kier molecular flexibility index (Phi) is 3.84. The minimum Gasteiger partial charge on any atom is -0.476 e. The lowest BCUT2D eigenvalue weighted by molar-refractivity contribution is 0.0691. The summed E-state index contributed by atoms with van der Waals surface area (Å²) >= 11 is 0. The minimum absolute atomic E-state index is 0.122. The number of anilines is 1. The van der Waals surface area contributed by atoms with Crippen LogP contribution in [0.1, 0.15) is 24.3 Å². The standard InChI is InChI=1S/C11H13N3O2/c1-4-8(7(2)3)14-10-9(11(15)16)12-5-6-13-10/h1,5-8H,2-3H3,(H,13,14)(H,15,16). The van der Waals surface area contributed by atoms with Crippen LogP contribution in [0.4, 0.5) is 5.82 Å². The first kappa shape index (κ1) is 12.0. The Morgan fingerprint density at radius 3 is 2.62 bits per heavy atom. The molecule has 0 saturated carbocycles. The largest absolute Gasteiger partial charge is 0.476 e. The normalized spacial score (nSPS) is 11.9. The molecule has 1 heterocycles. The quantitative estimate of drug-likeness (QED) is 0.745. The van der Waals surface area contributed by atoms with Gasteiger partial charge in [-0.1, -0.05) is 19.8 Å². The molecule has 0 aliphatic heterocycles. The molecule has 0 aliphatic carbocycles. The molecule has 84 valence electrons. The fourth-order valence-electron chi connectivity index (χ4n) is 1.15. The van der Waals surface area contributed by atoms with Crippen LogP contribution in [-0.2, 0) is 0 Å². The zero-order chi connectivity index (χ0) is 12.1. The maximum Gasteiger partial charge on any atom is 0.358 e. The van der Waals surface area contributed by atoms with Gasteiger partial charge in [-0.2, -0.15) is 0 Å². The van der Waals surface area contributed by atoms with Gasteiger partial charge in [-0.3, -0.25) is 0 Å². The van der Waals surface area contributed by atoms with Crippen LogP contribution >= 0.6 is 0 Å². The number of aromatic carboxylic acids is 1. The predicted octanol–water partition coefficient (Wildman–Crippen LogP) is 1.24. The average Bonchev–Trinajstić information content (AvgIpc) is 2.25. The Balaban J connectivity index is 2.97. The van der Waals surface area contributed by atoms with Gasteiger partial charge in [0.25, 0.3) is 0 Å². The van der Waals surface area contributed by atoms with E-state index in [1.54, 1.807) is 0 Å². The highest BCUT2D eigenvalue weighted by atomic mass is 16.4. The van der Waals surface area contributed by atoms with Gasteiger partial charge in [0, 0.05) is 12.4 Å². The van der Waals surface area contributed by atoms with Crippen molar-refractivity contribution in [2.75, 3.05) is 5.32 Å². The van der Waals surface area contributed by atoms with Crippen molar-refractivity contribution in [3.05, 3.63) is 18.1 Å². The molecule has 0 amide bonds. The molecular formula is C11H13N3O2. The Bertz CT molecular complexity index is 423. The van der Waals surface area contributed by atoms with Crippen molar-refractivity contribution in [1.82, 2.24) is 9.97 Å². The minimum atomic E-state index is -1.13. The number of hydrogen-bond donors (Lipinski definition) is 2. The van der Waals surface area contributed by atoms with Crippen LogP contribution in [0.5, 0.6) is 0 Å². The monoisotopic (exact) mass is 219 g/mol. The molecule has 1 aromatic heterocycles. The fourth-order valence-corrected chi connectivity index (χ4v) is 1.15. The molecule has 1 unspecified atom stereocenters. The topological polar surface area (TPSA) is 75.1 Å². The number of nitrogens with zero attached hydrogens (tertiary/aromatic N) is 2. The lowest BCUT2D eigenvalue weighted by Crippen LogP contribution is -2.25. The predicted molar refractivity (Wildman–Crippen MR) is 60.1 cm³/mol. The van der Waals surface area contributed by atoms with Gasteiger partial charge in [0.15, 0.2) is 11.5 Å². The van der Waals surface area contributed by atoms with Crippen LogP contribution in [0.2, 0.25) is 0 Å². The highest BCUT2D eigenvalue weighted by molar-refractivity contribution is 5.90. The van der Waals surface area contributed by atoms with Crippen LogP contribution in [0.25, 0.3) is 0 Å². The molecular weight excluding hydrogens is 206 g/mol. The second kappa shape index (κ2) is 5.12. The highest BCUT2D eigenvalue weighted by Crippen LogP contribution is 2.12. The molecule has 0 fully saturated rings. The van der Waals surface area contributed by atoms with E-state index in [2.05, 4.69) is 21.2 Å². The van der Waals surface area contributed by atoms with Gasteiger partial charge >= 0.3 is 5.97 Å². The lowest BCUT2D eigenvalue weighted by atomic mass is 10.1. The second-order valence-electron chi connectivity index (χ2n) is 3.59. The average molecular weight is 219 g/mol. The van der Waals surface area contributed by atoms with Gasteiger partial charge in [0.2, 0.25) is 0 Å². The fraction of sp³-hybridized carbons (Fsp3) is 0.364. The van der Waals surface area contributed by atoms with Crippen molar-refractivity contribution in [2.24, 2.45) is 5.92 Å². The highest BCUT2D eigenvalue weighted by Gasteiger charge is 2.17. The molecule has 0 aromatic carbocycles. The summed E-state index contributed by atoms with van der Waals surface area (Å²) in [6.07, 6.45) is 8.09. The van der Waals surface area contributed by atoms with Crippen molar-refractivity contribution in [3.8, 4) is 12.3 Å². The molecule has 1 atom stereocenters. The third-order valence-electron chi connectivity index (χ3n) is 2.04. The zero-order valence-corrected chi connectivity index (χ0v) is 9.14. The molecule has 0 saturated heterocycles. The van der Waals surface area contributed by atoms with E-state index >= 15 is 0 Å². The molecule has 0 aliphatic rings. The number of carboxylic acids is 1. The van der Waals surface area contributed by atoms with Crippen molar-refractivity contribution in [1.29, 1.82) is 0 Å². The number of aromatic nitrogens is 2. The van der Waals surface area contributed by atoms with E-state index in [-0.39, 0.29) is 23.5 Å². The summed E-state index contributed by atoms with van der Waals surface area (Å²) in [4.78, 5) is 18.5. The van der Waals surface area contributed by atoms with Gasteiger partial charge in [-0.25, -0.2) is 14.8 Å². The van der Waals surface area contributed by atoms with Crippen molar-refractivity contribution < 1.29 is 9.90 Å². The van der Waals surface area contributed by atoms with E-state index in [1.807, 2.05) is 13.8 Å². The Labute approximate surface area is 93.9 Å². The zero-order valence-electron chi connectivity index (χ0n) is 9.14. The Morgan fingerprint density at radius 2 is 2.12 bits per heavy atom. The number of hydrogen-bond acceptors (Lipinski definition) is 4.